The van der Waals surface area contributed by atoms with E-state index in [0.29, 0.717) is 6.29 Å². The Morgan fingerprint density at radius 2 is 1.88 bits per heavy atom. The number of epoxide rings is 1. The maximum atomic E-state index is 13.3. The third kappa shape index (κ3) is 3.86. The van der Waals surface area contributed by atoms with Gasteiger partial charge in [0.15, 0.2) is 11.6 Å². The lowest BCUT2D eigenvalue weighted by atomic mass is 9.80. The molecule has 4 aliphatic rings. The Morgan fingerprint density at radius 3 is 2.47 bits per heavy atom. The minimum Gasteiger partial charge on any atom is -0.468 e. The summed E-state index contributed by atoms with van der Waals surface area (Å²) in [5.74, 6) is -5.98. The summed E-state index contributed by atoms with van der Waals surface area (Å²) >= 11 is 0. The summed E-state index contributed by atoms with van der Waals surface area (Å²) in [7, 11) is 1.09. The quantitative estimate of drug-likeness (QED) is 0.134. The summed E-state index contributed by atoms with van der Waals surface area (Å²) in [6.07, 6.45) is -4.30. The molecule has 4 heterocycles. The number of ether oxygens (including phenoxy) is 5. The number of rotatable bonds is 4. The molecule has 4 fully saturated rings. The van der Waals surface area contributed by atoms with Crippen LogP contribution in [0.4, 0.5) is 0 Å². The van der Waals surface area contributed by atoms with Gasteiger partial charge in [0.05, 0.1) is 12.7 Å². The summed E-state index contributed by atoms with van der Waals surface area (Å²) < 4.78 is 27.4. The molecular weight excluding hydrogens is 452 g/mol. The zero-order valence-corrected chi connectivity index (χ0v) is 19.1. The number of esters is 3. The van der Waals surface area contributed by atoms with Crippen molar-refractivity contribution in [1.82, 2.24) is 0 Å². The fourth-order valence-corrected chi connectivity index (χ4v) is 5.36. The van der Waals surface area contributed by atoms with Gasteiger partial charge >= 0.3 is 17.9 Å². The molecule has 0 saturated carbocycles. The molecule has 11 heteroatoms. The second-order valence-corrected chi connectivity index (χ2v) is 9.51. The van der Waals surface area contributed by atoms with Gasteiger partial charge in [-0.2, -0.15) is 0 Å². The van der Waals surface area contributed by atoms with E-state index >= 15 is 0 Å². The topological polar surface area (TPSA) is 152 Å². The van der Waals surface area contributed by atoms with E-state index in [1.165, 1.54) is 0 Å². The van der Waals surface area contributed by atoms with E-state index in [2.05, 4.69) is 6.58 Å². The Hall–Kier alpha value is -2.92. The highest BCUT2D eigenvalue weighted by molar-refractivity contribution is 6.05. The van der Waals surface area contributed by atoms with E-state index in [9.17, 15) is 28.8 Å². The van der Waals surface area contributed by atoms with Gasteiger partial charge in [0.2, 0.25) is 5.60 Å². The van der Waals surface area contributed by atoms with Gasteiger partial charge < -0.3 is 23.7 Å². The van der Waals surface area contributed by atoms with Crippen molar-refractivity contribution in [1.29, 1.82) is 0 Å². The molecule has 0 aromatic heterocycles. The van der Waals surface area contributed by atoms with Crippen molar-refractivity contribution in [2.24, 2.45) is 11.8 Å². The van der Waals surface area contributed by atoms with Crippen molar-refractivity contribution < 1.29 is 52.5 Å². The average molecular weight is 478 g/mol. The number of carbonyl (C=O) groups is 6. The third-order valence-corrected chi connectivity index (χ3v) is 7.03. The number of hydrogen-bond acceptors (Lipinski definition) is 11. The van der Waals surface area contributed by atoms with Gasteiger partial charge in [0, 0.05) is 26.2 Å². The molecule has 0 N–H and O–H groups in total. The second kappa shape index (κ2) is 8.38. The molecule has 0 radical (unpaired) electrons. The van der Waals surface area contributed by atoms with Gasteiger partial charge in [0.25, 0.3) is 0 Å². The maximum absolute atomic E-state index is 13.3. The molecule has 0 unspecified atom stereocenters. The molecule has 4 rings (SSSR count). The molecule has 34 heavy (non-hydrogen) atoms. The largest absolute Gasteiger partial charge is 0.468 e. The first-order chi connectivity index (χ1) is 16.0. The number of ketones is 2. The van der Waals surface area contributed by atoms with Crippen molar-refractivity contribution in [2.45, 2.75) is 75.1 Å². The number of aldehydes is 1. The van der Waals surface area contributed by atoms with E-state index in [1.807, 2.05) is 0 Å². The van der Waals surface area contributed by atoms with Gasteiger partial charge in [-0.15, -0.1) is 0 Å². The highest BCUT2D eigenvalue weighted by Gasteiger charge is 2.78. The standard InChI is InChI=1S/C23H26O11/c1-10(9-24)12-5-13(26)17(20(28)30-4)18-14(27)7-22(3,33-18)8-15-19-23(34-19,21(29)32-15)16(6-12)31-11(2)25/h9,12,15-19H,1,5-8H2,2-4H3/t12-,15-,16-,17+,18+,19-,22-,23-/m0/s1. The predicted molar refractivity (Wildman–Crippen MR) is 109 cm³/mol. The molecule has 0 aromatic carbocycles. The van der Waals surface area contributed by atoms with Gasteiger partial charge in [-0.3, -0.25) is 24.0 Å². The third-order valence-electron chi connectivity index (χ3n) is 7.03. The summed E-state index contributed by atoms with van der Waals surface area (Å²) in [6.45, 7) is 6.47. The zero-order chi connectivity index (χ0) is 25.0. The lowest BCUT2D eigenvalue weighted by molar-refractivity contribution is -0.169. The highest BCUT2D eigenvalue weighted by Crippen LogP contribution is 2.54. The molecule has 0 amide bonds. The van der Waals surface area contributed by atoms with Crippen molar-refractivity contribution in [3.8, 4) is 0 Å². The maximum Gasteiger partial charge on any atom is 0.345 e. The first-order valence-electron chi connectivity index (χ1n) is 11.0. The fraction of sp³-hybridized carbons (Fsp3) is 0.652. The Morgan fingerprint density at radius 1 is 1.18 bits per heavy atom. The van der Waals surface area contributed by atoms with E-state index < -0.39 is 83.3 Å². The smallest absolute Gasteiger partial charge is 0.345 e. The number of fused-ring (bicyclic) bond motifs is 2. The van der Waals surface area contributed by atoms with E-state index in [4.69, 9.17) is 23.7 Å². The summed E-state index contributed by atoms with van der Waals surface area (Å²) in [5, 5.41) is 0. The van der Waals surface area contributed by atoms with Crippen molar-refractivity contribution >= 4 is 35.8 Å². The van der Waals surface area contributed by atoms with Crippen LogP contribution in [0.1, 0.15) is 39.5 Å². The summed E-state index contributed by atoms with van der Waals surface area (Å²) in [4.78, 5) is 75.0. The minimum absolute atomic E-state index is 0.0102. The lowest BCUT2D eigenvalue weighted by Crippen LogP contribution is -2.43. The predicted octanol–water partition coefficient (Wildman–Crippen LogP) is 0.0113. The molecule has 4 saturated heterocycles. The molecule has 11 nitrogen and oxygen atoms in total. The summed E-state index contributed by atoms with van der Waals surface area (Å²) in [6, 6.07) is 0. The second-order valence-electron chi connectivity index (χ2n) is 9.51. The zero-order valence-electron chi connectivity index (χ0n) is 19.1. The van der Waals surface area contributed by atoms with E-state index in [1.54, 1.807) is 6.92 Å². The van der Waals surface area contributed by atoms with Crippen LogP contribution in [0.3, 0.4) is 0 Å². The molecule has 184 valence electrons. The first kappa shape index (κ1) is 24.2. The summed E-state index contributed by atoms with van der Waals surface area (Å²) in [5.41, 5.74) is -2.74. The average Bonchev–Trinajstić information content (AvgIpc) is 3.38. The van der Waals surface area contributed by atoms with Gasteiger partial charge in [-0.05, 0) is 24.8 Å². The molecule has 8 atom stereocenters. The van der Waals surface area contributed by atoms with Crippen LogP contribution in [0.15, 0.2) is 12.2 Å². The number of hydrogen-bond donors (Lipinski definition) is 0. The molecule has 0 spiro atoms. The molecule has 4 bridgehead atoms. The Balaban J connectivity index is 1.78. The van der Waals surface area contributed by atoms with Crippen LogP contribution in [0.25, 0.3) is 0 Å². The Labute approximate surface area is 195 Å². The lowest BCUT2D eigenvalue weighted by Gasteiger charge is -2.29. The van der Waals surface area contributed by atoms with Gasteiger partial charge in [0.1, 0.15) is 36.6 Å². The van der Waals surface area contributed by atoms with Crippen molar-refractivity contribution in [2.75, 3.05) is 7.11 Å². The van der Waals surface area contributed by atoms with Crippen LogP contribution in [-0.2, 0) is 52.5 Å². The highest BCUT2D eigenvalue weighted by atomic mass is 16.7. The normalized spacial score (nSPS) is 41.2. The Bertz CT molecular complexity index is 985. The number of Topliss-reactive ketones (excluding diaryl/α,β-unsaturated/α-hetero) is 2. The van der Waals surface area contributed by atoms with Crippen LogP contribution in [0.2, 0.25) is 0 Å². The van der Waals surface area contributed by atoms with Crippen LogP contribution >= 0.6 is 0 Å². The fourth-order valence-electron chi connectivity index (χ4n) is 5.36. The Kier molecular flexibility index (Phi) is 5.97. The molecule has 4 aliphatic heterocycles. The monoisotopic (exact) mass is 478 g/mol. The molecule has 0 aromatic rings. The van der Waals surface area contributed by atoms with Gasteiger partial charge in [-0.25, -0.2) is 4.79 Å². The molecule has 0 aliphatic carbocycles. The van der Waals surface area contributed by atoms with Crippen LogP contribution in [-0.4, -0.2) is 78.5 Å². The van der Waals surface area contributed by atoms with E-state index in [0.717, 1.165) is 14.0 Å². The number of carbonyl (C=O) groups excluding carboxylic acids is 6. The molecular formula is C23H26O11. The van der Waals surface area contributed by atoms with Crippen LogP contribution in [0, 0.1) is 11.8 Å². The number of allylic oxidation sites excluding steroid dienone is 1. The number of methoxy groups -OCH3 is 1. The van der Waals surface area contributed by atoms with Crippen molar-refractivity contribution in [3.05, 3.63) is 12.2 Å². The van der Waals surface area contributed by atoms with Crippen LogP contribution in [0.5, 0.6) is 0 Å². The minimum atomic E-state index is -1.59. The van der Waals surface area contributed by atoms with Crippen LogP contribution < -0.4 is 0 Å². The first-order valence-corrected chi connectivity index (χ1v) is 11.0. The van der Waals surface area contributed by atoms with Crippen molar-refractivity contribution in [3.63, 3.8) is 0 Å². The van der Waals surface area contributed by atoms with E-state index in [-0.39, 0.29) is 24.8 Å². The SMILES string of the molecule is C=C(C=O)[C@H]1CC(=O)[C@@H](C(=O)OC)[C@@H]2O[C@@](C)(CC2=O)C[C@@H]2OC(=O)[C@]3(O[C@@H]23)[C@@H](OC(C)=O)C1. The van der Waals surface area contributed by atoms with Gasteiger partial charge in [-0.1, -0.05) is 6.58 Å².